The number of esters is 1. The Kier molecular flexibility index (Phi) is 6.64. The highest BCUT2D eigenvalue weighted by molar-refractivity contribution is 7.14. The van der Waals surface area contributed by atoms with Crippen LogP contribution < -0.4 is 22.3 Å². The van der Waals surface area contributed by atoms with Gasteiger partial charge in [-0.3, -0.25) is 23.5 Å². The molecule has 0 aliphatic carbocycles. The number of carbonyl (C=O) groups excluding carboxylic acids is 3. The zero-order valence-electron chi connectivity index (χ0n) is 17.2. The number of rotatable bonds is 7. The lowest BCUT2D eigenvalue weighted by Crippen LogP contribution is -2.43. The molecule has 12 heteroatoms. The Hall–Kier alpha value is -4.06. The van der Waals surface area contributed by atoms with E-state index in [0.717, 1.165) is 26.0 Å². The molecule has 1 amide bonds. The van der Waals surface area contributed by atoms with Crippen LogP contribution in [0.15, 0.2) is 45.3 Å². The number of aromatic nitrogens is 3. The summed E-state index contributed by atoms with van der Waals surface area (Å²) in [4.78, 5) is 64.8. The second kappa shape index (κ2) is 9.39. The van der Waals surface area contributed by atoms with Crippen molar-refractivity contribution >= 4 is 39.9 Å². The number of ether oxygens (including phenoxy) is 1. The molecule has 0 spiro atoms. The molecule has 3 N–H and O–H groups in total. The molecule has 0 radical (unpaired) electrons. The van der Waals surface area contributed by atoms with E-state index in [0.29, 0.717) is 0 Å². The minimum Gasteiger partial charge on any atom is -0.453 e. The second-order valence-corrected chi connectivity index (χ2v) is 7.56. The Morgan fingerprint density at radius 1 is 1.19 bits per heavy atom. The first kappa shape index (κ1) is 22.6. The monoisotopic (exact) mass is 457 g/mol. The highest BCUT2D eigenvalue weighted by Crippen LogP contribution is 2.16. The number of amides is 1. The van der Waals surface area contributed by atoms with E-state index in [-0.39, 0.29) is 29.1 Å². The summed E-state index contributed by atoms with van der Waals surface area (Å²) in [6, 6.07) is 8.90. The molecule has 0 bridgehead atoms. The molecule has 0 unspecified atom stereocenters. The normalized spacial score (nSPS) is 10.6. The highest BCUT2D eigenvalue weighted by Gasteiger charge is 2.23. The standard InChI is InChI=1S/C20H19N5O6S/c1-11(26)22-19-23-13(10-32-19)18(29)31-9-14(27)15-16(21)25(20(30)24(2)17(15)28)8-12-6-4-3-5-7-12/h3-7,10H,8-9,21H2,1-2H3,(H,22,23,26). The molecule has 3 rings (SSSR count). The van der Waals surface area contributed by atoms with Crippen LogP contribution in [0.2, 0.25) is 0 Å². The van der Waals surface area contributed by atoms with Crippen molar-refractivity contribution in [3.05, 3.63) is 73.4 Å². The number of carbonyl (C=O) groups is 3. The van der Waals surface area contributed by atoms with Crippen LogP contribution in [0.1, 0.15) is 33.3 Å². The van der Waals surface area contributed by atoms with Crippen molar-refractivity contribution in [1.82, 2.24) is 14.1 Å². The molecule has 0 aliphatic heterocycles. The van der Waals surface area contributed by atoms with Crippen molar-refractivity contribution < 1.29 is 19.1 Å². The molecule has 32 heavy (non-hydrogen) atoms. The van der Waals surface area contributed by atoms with Gasteiger partial charge in [-0.05, 0) is 5.56 Å². The number of anilines is 2. The van der Waals surface area contributed by atoms with Gasteiger partial charge in [-0.1, -0.05) is 30.3 Å². The van der Waals surface area contributed by atoms with Gasteiger partial charge in [-0.2, -0.15) is 0 Å². The summed E-state index contributed by atoms with van der Waals surface area (Å²) in [5.41, 5.74) is 4.61. The summed E-state index contributed by atoms with van der Waals surface area (Å²) in [6.07, 6.45) is 0. The van der Waals surface area contributed by atoms with E-state index in [4.69, 9.17) is 10.5 Å². The van der Waals surface area contributed by atoms with E-state index in [2.05, 4.69) is 10.3 Å². The molecular formula is C20H19N5O6S. The molecule has 11 nitrogen and oxygen atoms in total. The molecular weight excluding hydrogens is 438 g/mol. The van der Waals surface area contributed by atoms with E-state index in [1.807, 2.05) is 0 Å². The lowest BCUT2D eigenvalue weighted by Gasteiger charge is -2.14. The maximum atomic E-state index is 12.7. The highest BCUT2D eigenvalue weighted by atomic mass is 32.1. The Bertz CT molecular complexity index is 1310. The fourth-order valence-electron chi connectivity index (χ4n) is 2.82. The van der Waals surface area contributed by atoms with E-state index >= 15 is 0 Å². The Labute approximate surface area is 185 Å². The number of nitrogens with two attached hydrogens (primary N) is 1. The van der Waals surface area contributed by atoms with Gasteiger partial charge in [0.15, 0.2) is 17.4 Å². The zero-order chi connectivity index (χ0) is 23.4. The van der Waals surface area contributed by atoms with Crippen LogP contribution in [0.5, 0.6) is 0 Å². The van der Waals surface area contributed by atoms with Crippen LogP contribution in [0.25, 0.3) is 0 Å². The third-order valence-electron chi connectivity index (χ3n) is 4.38. The topological polar surface area (TPSA) is 155 Å². The fourth-order valence-corrected chi connectivity index (χ4v) is 3.54. The summed E-state index contributed by atoms with van der Waals surface area (Å²) in [5.74, 6) is -2.45. The average Bonchev–Trinajstić information content (AvgIpc) is 3.22. The van der Waals surface area contributed by atoms with Crippen LogP contribution in [0.3, 0.4) is 0 Å². The van der Waals surface area contributed by atoms with E-state index in [1.165, 1.54) is 19.4 Å². The van der Waals surface area contributed by atoms with Gasteiger partial charge in [0, 0.05) is 19.4 Å². The van der Waals surface area contributed by atoms with Crippen LogP contribution in [0, 0.1) is 0 Å². The molecule has 2 heterocycles. The Balaban J connectivity index is 1.82. The first-order valence-corrected chi connectivity index (χ1v) is 10.1. The smallest absolute Gasteiger partial charge is 0.358 e. The number of nitrogen functional groups attached to an aromatic ring is 1. The summed E-state index contributed by atoms with van der Waals surface area (Å²) < 4.78 is 6.83. The number of ketones is 1. The third-order valence-corrected chi connectivity index (χ3v) is 5.13. The summed E-state index contributed by atoms with van der Waals surface area (Å²) in [5, 5.41) is 3.97. The molecule has 0 saturated carbocycles. The van der Waals surface area contributed by atoms with E-state index in [9.17, 15) is 24.0 Å². The van der Waals surface area contributed by atoms with Gasteiger partial charge in [0.2, 0.25) is 11.7 Å². The molecule has 0 aliphatic rings. The fraction of sp³-hybridized carbons (Fsp3) is 0.200. The predicted octanol–water partition coefficient (Wildman–Crippen LogP) is 0.632. The number of thiazole rings is 1. The van der Waals surface area contributed by atoms with Crippen LogP contribution in [-0.2, 0) is 23.1 Å². The summed E-state index contributed by atoms with van der Waals surface area (Å²) >= 11 is 1.01. The summed E-state index contributed by atoms with van der Waals surface area (Å²) in [7, 11) is 1.23. The van der Waals surface area contributed by atoms with Gasteiger partial charge in [0.25, 0.3) is 5.56 Å². The zero-order valence-corrected chi connectivity index (χ0v) is 18.0. The van der Waals surface area contributed by atoms with Crippen LogP contribution in [-0.4, -0.2) is 38.4 Å². The molecule has 166 valence electrons. The predicted molar refractivity (Wildman–Crippen MR) is 117 cm³/mol. The Morgan fingerprint density at radius 2 is 1.88 bits per heavy atom. The van der Waals surface area contributed by atoms with Gasteiger partial charge < -0.3 is 15.8 Å². The SMILES string of the molecule is CC(=O)Nc1nc(C(=O)OCC(=O)c2c(N)n(Cc3ccccc3)c(=O)n(C)c2=O)cs1. The van der Waals surface area contributed by atoms with Crippen molar-refractivity contribution in [2.45, 2.75) is 13.5 Å². The van der Waals surface area contributed by atoms with E-state index < -0.39 is 35.2 Å². The van der Waals surface area contributed by atoms with Crippen LogP contribution in [0.4, 0.5) is 10.9 Å². The third kappa shape index (κ3) is 4.81. The molecule has 3 aromatic rings. The lowest BCUT2D eigenvalue weighted by molar-refractivity contribution is -0.114. The van der Waals surface area contributed by atoms with E-state index in [1.54, 1.807) is 30.3 Å². The minimum atomic E-state index is -0.917. The van der Waals surface area contributed by atoms with Crippen molar-refractivity contribution in [2.75, 3.05) is 17.7 Å². The summed E-state index contributed by atoms with van der Waals surface area (Å²) in [6.45, 7) is 0.555. The molecule has 0 saturated heterocycles. The molecule has 0 atom stereocenters. The number of nitrogens with zero attached hydrogens (tertiary/aromatic N) is 3. The lowest BCUT2D eigenvalue weighted by atomic mass is 10.2. The van der Waals surface area contributed by atoms with Gasteiger partial charge in [-0.15, -0.1) is 11.3 Å². The largest absolute Gasteiger partial charge is 0.453 e. The van der Waals surface area contributed by atoms with Crippen molar-refractivity contribution in [3.8, 4) is 0 Å². The molecule has 1 aromatic carbocycles. The second-order valence-electron chi connectivity index (χ2n) is 6.70. The average molecular weight is 457 g/mol. The van der Waals surface area contributed by atoms with Gasteiger partial charge in [-0.25, -0.2) is 14.6 Å². The quantitative estimate of drug-likeness (QED) is 0.387. The maximum absolute atomic E-state index is 12.7. The number of hydrogen-bond donors (Lipinski definition) is 2. The first-order chi connectivity index (χ1) is 15.2. The number of Topliss-reactive ketones (excluding diaryl/α,β-unsaturated/α-hetero) is 1. The van der Waals surface area contributed by atoms with Crippen molar-refractivity contribution in [2.24, 2.45) is 7.05 Å². The Morgan fingerprint density at radius 3 is 2.53 bits per heavy atom. The minimum absolute atomic E-state index is 0.0461. The maximum Gasteiger partial charge on any atom is 0.358 e. The molecule has 0 fully saturated rings. The van der Waals surface area contributed by atoms with Crippen molar-refractivity contribution in [1.29, 1.82) is 0 Å². The number of hydrogen-bond acceptors (Lipinski definition) is 9. The number of benzene rings is 1. The number of nitrogens with one attached hydrogen (secondary N) is 1. The first-order valence-electron chi connectivity index (χ1n) is 9.25. The van der Waals surface area contributed by atoms with Gasteiger partial charge >= 0.3 is 11.7 Å². The van der Waals surface area contributed by atoms with Crippen LogP contribution >= 0.6 is 11.3 Å². The molecule has 2 aromatic heterocycles. The van der Waals surface area contributed by atoms with Gasteiger partial charge in [0.05, 0.1) is 6.54 Å². The van der Waals surface area contributed by atoms with Gasteiger partial charge in [0.1, 0.15) is 11.4 Å². The van der Waals surface area contributed by atoms with Crippen molar-refractivity contribution in [3.63, 3.8) is 0 Å².